The molecule has 0 radical (unpaired) electrons. The maximum absolute atomic E-state index is 10.7. The summed E-state index contributed by atoms with van der Waals surface area (Å²) in [4.78, 5) is 18.6. The molecule has 0 atom stereocenters. The van der Waals surface area contributed by atoms with Crippen LogP contribution in [0.5, 0.6) is 0 Å². The van der Waals surface area contributed by atoms with Crippen LogP contribution < -0.4 is 0 Å². The van der Waals surface area contributed by atoms with Gasteiger partial charge in [-0.2, -0.15) is 0 Å². The van der Waals surface area contributed by atoms with Crippen LogP contribution in [0.4, 0.5) is 0 Å². The van der Waals surface area contributed by atoms with E-state index in [1.165, 1.54) is 13.3 Å². The lowest BCUT2D eigenvalue weighted by Gasteiger charge is -1.92. The quantitative estimate of drug-likeness (QED) is 0.421. The molecule has 0 aliphatic heterocycles. The summed E-state index contributed by atoms with van der Waals surface area (Å²) in [6.07, 6.45) is 3.09. The summed E-state index contributed by atoms with van der Waals surface area (Å²) in [5.41, 5.74) is 1.19. The number of hydrogen-bond acceptors (Lipinski definition) is 4. The van der Waals surface area contributed by atoms with Gasteiger partial charge in [0.1, 0.15) is 5.69 Å². The van der Waals surface area contributed by atoms with Crippen molar-refractivity contribution in [1.29, 1.82) is 0 Å². The summed E-state index contributed by atoms with van der Waals surface area (Å²) < 4.78 is 4.35. The van der Waals surface area contributed by atoms with Crippen LogP contribution in [-0.2, 0) is 9.53 Å². The fourth-order valence-electron chi connectivity index (χ4n) is 0.692. The second kappa shape index (κ2) is 4.21. The number of ether oxygens (including phenoxy) is 1. The third-order valence-corrected chi connectivity index (χ3v) is 1.35. The van der Waals surface area contributed by atoms with E-state index in [1.54, 1.807) is 13.1 Å². The van der Waals surface area contributed by atoms with Crippen LogP contribution in [0.2, 0.25) is 0 Å². The molecule has 4 nitrogen and oxygen atoms in total. The van der Waals surface area contributed by atoms with E-state index >= 15 is 0 Å². The molecule has 1 heterocycles. The van der Waals surface area contributed by atoms with E-state index in [2.05, 4.69) is 26.5 Å². The second-order valence-corrected chi connectivity index (χ2v) is 2.23. The van der Waals surface area contributed by atoms with Crippen molar-refractivity contribution in [1.82, 2.24) is 9.97 Å². The maximum Gasteiger partial charge on any atom is 0.384 e. The van der Waals surface area contributed by atoms with Crippen molar-refractivity contribution in [3.63, 3.8) is 0 Å². The van der Waals surface area contributed by atoms with Crippen molar-refractivity contribution >= 4 is 5.97 Å². The fourth-order valence-corrected chi connectivity index (χ4v) is 0.692. The van der Waals surface area contributed by atoms with Crippen molar-refractivity contribution in [2.45, 2.75) is 6.92 Å². The van der Waals surface area contributed by atoms with Gasteiger partial charge in [-0.1, -0.05) is 0 Å². The Bertz CT molecular complexity index is 377. The first-order valence-electron chi connectivity index (χ1n) is 3.61. The predicted octanol–water partition coefficient (Wildman–Crippen LogP) is 0.310. The Hall–Kier alpha value is -1.89. The van der Waals surface area contributed by atoms with E-state index < -0.39 is 5.97 Å². The Morgan fingerprint density at radius 1 is 1.46 bits per heavy atom. The lowest BCUT2D eigenvalue weighted by atomic mass is 10.3. The normalized spacial score (nSPS) is 8.46. The Morgan fingerprint density at radius 2 is 2.15 bits per heavy atom. The predicted molar refractivity (Wildman–Crippen MR) is 45.7 cm³/mol. The van der Waals surface area contributed by atoms with Crippen LogP contribution >= 0.6 is 0 Å². The topological polar surface area (TPSA) is 52.1 Å². The van der Waals surface area contributed by atoms with Crippen LogP contribution in [0.3, 0.4) is 0 Å². The summed E-state index contributed by atoms with van der Waals surface area (Å²) in [6, 6.07) is 0. The molecular weight excluding hydrogens is 168 g/mol. The highest BCUT2D eigenvalue weighted by Crippen LogP contribution is 1.95. The van der Waals surface area contributed by atoms with Gasteiger partial charge in [-0.25, -0.2) is 9.78 Å². The molecule has 0 amide bonds. The fraction of sp³-hybridized carbons (Fsp3) is 0.222. The molecule has 1 aromatic rings. The molecule has 4 heteroatoms. The van der Waals surface area contributed by atoms with Gasteiger partial charge in [0.05, 0.1) is 12.8 Å². The molecule has 0 aliphatic carbocycles. The number of esters is 1. The third-order valence-electron chi connectivity index (χ3n) is 1.35. The van der Waals surface area contributed by atoms with Crippen LogP contribution in [0.15, 0.2) is 12.4 Å². The Labute approximate surface area is 76.0 Å². The largest absolute Gasteiger partial charge is 0.459 e. The van der Waals surface area contributed by atoms with Crippen molar-refractivity contribution in [3.8, 4) is 11.8 Å². The van der Waals surface area contributed by atoms with Gasteiger partial charge in [0.25, 0.3) is 0 Å². The number of hydrogen-bond donors (Lipinski definition) is 0. The van der Waals surface area contributed by atoms with Gasteiger partial charge in [-0.15, -0.1) is 0 Å². The molecule has 0 saturated heterocycles. The lowest BCUT2D eigenvalue weighted by molar-refractivity contribution is -0.133. The number of aryl methyl sites for hydroxylation is 1. The average molecular weight is 176 g/mol. The highest BCUT2D eigenvalue weighted by molar-refractivity contribution is 5.88. The van der Waals surface area contributed by atoms with Crippen LogP contribution in [-0.4, -0.2) is 23.0 Å². The SMILES string of the molecule is COC(=O)C#Cc1nccnc1C. The van der Waals surface area contributed by atoms with E-state index in [-0.39, 0.29) is 0 Å². The highest BCUT2D eigenvalue weighted by Gasteiger charge is 1.95. The van der Waals surface area contributed by atoms with Crippen molar-refractivity contribution in [3.05, 3.63) is 23.8 Å². The van der Waals surface area contributed by atoms with Gasteiger partial charge >= 0.3 is 5.97 Å². The lowest BCUT2D eigenvalue weighted by Crippen LogP contribution is -1.96. The molecule has 0 aliphatic rings. The minimum absolute atomic E-state index is 0.493. The molecule has 0 fully saturated rings. The van der Waals surface area contributed by atoms with E-state index in [4.69, 9.17) is 0 Å². The maximum atomic E-state index is 10.7. The molecule has 1 aromatic heterocycles. The van der Waals surface area contributed by atoms with Crippen molar-refractivity contribution < 1.29 is 9.53 Å². The second-order valence-electron chi connectivity index (χ2n) is 2.23. The van der Waals surface area contributed by atoms with Gasteiger partial charge in [-0.3, -0.25) is 4.98 Å². The van der Waals surface area contributed by atoms with Crippen molar-refractivity contribution in [2.75, 3.05) is 7.11 Å². The first-order valence-corrected chi connectivity index (χ1v) is 3.61. The van der Waals surface area contributed by atoms with Crippen LogP contribution in [0, 0.1) is 18.8 Å². The molecule has 0 bridgehead atoms. The van der Waals surface area contributed by atoms with Gasteiger partial charge in [0.2, 0.25) is 0 Å². The van der Waals surface area contributed by atoms with E-state index in [9.17, 15) is 4.79 Å². The van der Waals surface area contributed by atoms with Gasteiger partial charge < -0.3 is 4.74 Å². The minimum Gasteiger partial charge on any atom is -0.459 e. The Kier molecular flexibility index (Phi) is 2.98. The van der Waals surface area contributed by atoms with E-state index in [1.807, 2.05) is 0 Å². The van der Waals surface area contributed by atoms with E-state index in [0.29, 0.717) is 11.4 Å². The standard InChI is InChI=1S/C9H8N2O2/c1-7-8(11-6-5-10-7)3-4-9(12)13-2/h5-6H,1-2H3. The first kappa shape index (κ1) is 9.20. The molecular formula is C9H8N2O2. The Morgan fingerprint density at radius 3 is 2.77 bits per heavy atom. The first-order chi connectivity index (χ1) is 6.24. The summed E-state index contributed by atoms with van der Waals surface area (Å²) in [5.74, 6) is 4.26. The summed E-state index contributed by atoms with van der Waals surface area (Å²) >= 11 is 0. The molecule has 0 spiro atoms. The van der Waals surface area contributed by atoms with Crippen LogP contribution in [0.1, 0.15) is 11.4 Å². The monoisotopic (exact) mass is 176 g/mol. The van der Waals surface area contributed by atoms with Gasteiger partial charge in [0.15, 0.2) is 0 Å². The zero-order valence-electron chi connectivity index (χ0n) is 7.37. The molecule has 0 unspecified atom stereocenters. The molecule has 0 saturated carbocycles. The zero-order chi connectivity index (χ0) is 9.68. The highest BCUT2D eigenvalue weighted by atomic mass is 16.5. The zero-order valence-corrected chi connectivity index (χ0v) is 7.37. The number of aromatic nitrogens is 2. The average Bonchev–Trinajstić information content (AvgIpc) is 2.16. The molecule has 0 N–H and O–H groups in total. The molecule has 0 aromatic carbocycles. The summed E-state index contributed by atoms with van der Waals surface area (Å²) in [6.45, 7) is 1.77. The van der Waals surface area contributed by atoms with Gasteiger partial charge in [0, 0.05) is 18.3 Å². The number of nitrogens with zero attached hydrogens (tertiary/aromatic N) is 2. The Balaban J connectivity index is 2.89. The minimum atomic E-state index is -0.579. The number of carbonyl (C=O) groups is 1. The summed E-state index contributed by atoms with van der Waals surface area (Å²) in [5, 5.41) is 0. The van der Waals surface area contributed by atoms with Gasteiger partial charge in [-0.05, 0) is 12.8 Å². The molecule has 1 rings (SSSR count). The van der Waals surface area contributed by atoms with Crippen molar-refractivity contribution in [2.24, 2.45) is 0 Å². The smallest absolute Gasteiger partial charge is 0.384 e. The molecule has 66 valence electrons. The van der Waals surface area contributed by atoms with E-state index in [0.717, 1.165) is 0 Å². The third kappa shape index (κ3) is 2.56. The van der Waals surface area contributed by atoms with Crippen LogP contribution in [0.25, 0.3) is 0 Å². The number of methoxy groups -OCH3 is 1. The summed E-state index contributed by atoms with van der Waals surface area (Å²) in [7, 11) is 1.28. The number of carbonyl (C=O) groups excluding carboxylic acids is 1. The molecule has 13 heavy (non-hydrogen) atoms. The number of rotatable bonds is 0.